The Labute approximate surface area is 97.6 Å². The number of ether oxygens (including phenoxy) is 1. The van der Waals surface area contributed by atoms with Crippen molar-refractivity contribution >= 4 is 0 Å². The van der Waals surface area contributed by atoms with E-state index >= 15 is 0 Å². The normalized spacial score (nSPS) is 20.5. The maximum absolute atomic E-state index is 9.78. The molecule has 1 aliphatic heterocycles. The fourth-order valence-electron chi connectivity index (χ4n) is 1.69. The number of hydrogen-bond acceptors (Lipinski definition) is 4. The van der Waals surface area contributed by atoms with Gasteiger partial charge in [0, 0.05) is 32.7 Å². The minimum atomic E-state index is -0.425. The van der Waals surface area contributed by atoms with Crippen molar-refractivity contribution in [1.82, 2.24) is 10.2 Å². The molecule has 0 aliphatic carbocycles. The zero-order valence-electron chi connectivity index (χ0n) is 9.98. The van der Waals surface area contributed by atoms with E-state index in [2.05, 4.69) is 16.8 Å². The molecule has 16 heavy (non-hydrogen) atoms. The minimum absolute atomic E-state index is 0.347. The number of piperazine rings is 1. The summed E-state index contributed by atoms with van der Waals surface area (Å²) in [6, 6.07) is 0. The molecule has 0 aromatic heterocycles. The van der Waals surface area contributed by atoms with Crippen molar-refractivity contribution in [1.29, 1.82) is 0 Å². The highest BCUT2D eigenvalue weighted by Gasteiger charge is 2.14. The Morgan fingerprint density at radius 2 is 2.25 bits per heavy atom. The molecule has 4 heteroatoms. The lowest BCUT2D eigenvalue weighted by Crippen LogP contribution is -2.47. The number of hydrogen-bond donors (Lipinski definition) is 2. The van der Waals surface area contributed by atoms with Gasteiger partial charge in [-0.25, -0.2) is 0 Å². The van der Waals surface area contributed by atoms with Gasteiger partial charge in [0.05, 0.1) is 5.76 Å². The molecule has 92 valence electrons. The van der Waals surface area contributed by atoms with Crippen LogP contribution in [-0.4, -0.2) is 55.4 Å². The molecule has 1 saturated heterocycles. The molecular formula is C12H22N2O2. The van der Waals surface area contributed by atoms with E-state index in [9.17, 15) is 5.11 Å². The van der Waals surface area contributed by atoms with Crippen LogP contribution < -0.4 is 5.32 Å². The van der Waals surface area contributed by atoms with Crippen molar-refractivity contribution in [2.24, 2.45) is 0 Å². The van der Waals surface area contributed by atoms with Gasteiger partial charge in [-0.15, -0.1) is 0 Å². The smallest absolute Gasteiger partial charge is 0.115 e. The van der Waals surface area contributed by atoms with E-state index in [1.54, 1.807) is 12.2 Å². The van der Waals surface area contributed by atoms with Crippen LogP contribution in [0.25, 0.3) is 0 Å². The van der Waals surface area contributed by atoms with Crippen LogP contribution in [0.2, 0.25) is 0 Å². The molecule has 1 aliphatic rings. The first-order valence-electron chi connectivity index (χ1n) is 5.75. The van der Waals surface area contributed by atoms with E-state index in [4.69, 9.17) is 4.74 Å². The highest BCUT2D eigenvalue weighted by atomic mass is 16.5. The Morgan fingerprint density at radius 1 is 1.56 bits per heavy atom. The van der Waals surface area contributed by atoms with Crippen LogP contribution in [0.3, 0.4) is 0 Å². The van der Waals surface area contributed by atoms with Crippen molar-refractivity contribution in [2.45, 2.75) is 13.0 Å². The third kappa shape index (κ3) is 5.30. The van der Waals surface area contributed by atoms with Crippen molar-refractivity contribution in [3.63, 3.8) is 0 Å². The van der Waals surface area contributed by atoms with Gasteiger partial charge in [-0.2, -0.15) is 0 Å². The van der Waals surface area contributed by atoms with Gasteiger partial charge >= 0.3 is 0 Å². The van der Waals surface area contributed by atoms with Crippen LogP contribution in [-0.2, 0) is 4.74 Å². The Balaban J connectivity index is 2.16. The summed E-state index contributed by atoms with van der Waals surface area (Å²) in [5.41, 5.74) is 0. The summed E-state index contributed by atoms with van der Waals surface area (Å²) in [7, 11) is 0. The highest BCUT2D eigenvalue weighted by molar-refractivity contribution is 5.01. The summed E-state index contributed by atoms with van der Waals surface area (Å²) >= 11 is 0. The third-order valence-corrected chi connectivity index (χ3v) is 2.53. The number of aliphatic hydroxyl groups excluding tert-OH is 1. The molecule has 0 aromatic carbocycles. The number of aliphatic hydroxyl groups is 1. The first kappa shape index (κ1) is 13.2. The van der Waals surface area contributed by atoms with Crippen molar-refractivity contribution in [3.05, 3.63) is 24.5 Å². The summed E-state index contributed by atoms with van der Waals surface area (Å²) in [6.45, 7) is 10.5. The van der Waals surface area contributed by atoms with Gasteiger partial charge in [-0.1, -0.05) is 12.7 Å². The fraction of sp³-hybridized carbons (Fsp3) is 0.667. The average molecular weight is 226 g/mol. The predicted octanol–water partition coefficient (Wildman–Crippen LogP) is 0.359. The number of allylic oxidation sites excluding steroid dienone is 3. The topological polar surface area (TPSA) is 44.7 Å². The van der Waals surface area contributed by atoms with Gasteiger partial charge in [0.2, 0.25) is 0 Å². The summed E-state index contributed by atoms with van der Waals surface area (Å²) in [4.78, 5) is 2.25. The first-order chi connectivity index (χ1) is 7.72. The van der Waals surface area contributed by atoms with E-state index in [0.717, 1.165) is 31.9 Å². The second kappa shape index (κ2) is 7.44. The molecule has 0 spiro atoms. The van der Waals surface area contributed by atoms with Gasteiger partial charge in [0.25, 0.3) is 0 Å². The molecule has 1 atom stereocenters. The van der Waals surface area contributed by atoms with Gasteiger partial charge in [0.15, 0.2) is 0 Å². The van der Waals surface area contributed by atoms with Crippen LogP contribution in [0.4, 0.5) is 0 Å². The molecule has 0 radical (unpaired) electrons. The Kier molecular flexibility index (Phi) is 6.15. The van der Waals surface area contributed by atoms with Crippen LogP contribution in [0, 0.1) is 0 Å². The zero-order valence-corrected chi connectivity index (χ0v) is 9.98. The molecular weight excluding hydrogens is 204 g/mol. The van der Waals surface area contributed by atoms with Crippen LogP contribution in [0.15, 0.2) is 24.5 Å². The van der Waals surface area contributed by atoms with Crippen molar-refractivity contribution < 1.29 is 9.84 Å². The lowest BCUT2D eigenvalue weighted by molar-refractivity contribution is 0.0405. The number of rotatable bonds is 6. The van der Waals surface area contributed by atoms with Crippen molar-refractivity contribution in [2.75, 3.05) is 39.3 Å². The van der Waals surface area contributed by atoms with Gasteiger partial charge in [-0.3, -0.25) is 4.90 Å². The molecule has 1 rings (SSSR count). The molecule has 0 unspecified atom stereocenters. The lowest BCUT2D eigenvalue weighted by Gasteiger charge is -2.29. The summed E-state index contributed by atoms with van der Waals surface area (Å²) in [5.74, 6) is 0.786. The van der Waals surface area contributed by atoms with E-state index in [-0.39, 0.29) is 0 Å². The molecule has 2 N–H and O–H groups in total. The van der Waals surface area contributed by atoms with Crippen LogP contribution in [0.1, 0.15) is 6.92 Å². The molecule has 0 saturated carbocycles. The van der Waals surface area contributed by atoms with Crippen LogP contribution >= 0.6 is 0 Å². The Hall–Kier alpha value is -0.840. The van der Waals surface area contributed by atoms with Gasteiger partial charge < -0.3 is 15.2 Å². The zero-order chi connectivity index (χ0) is 11.8. The quantitative estimate of drug-likeness (QED) is 0.507. The van der Waals surface area contributed by atoms with E-state index in [0.29, 0.717) is 13.2 Å². The van der Waals surface area contributed by atoms with Crippen molar-refractivity contribution in [3.8, 4) is 0 Å². The lowest BCUT2D eigenvalue weighted by atomic mass is 10.3. The average Bonchev–Trinajstić information content (AvgIpc) is 2.28. The highest BCUT2D eigenvalue weighted by Crippen LogP contribution is 2.00. The second-order valence-corrected chi connectivity index (χ2v) is 4.03. The predicted molar refractivity (Wildman–Crippen MR) is 65.2 cm³/mol. The SMILES string of the molecule is C=C/C=C(\C)OC[C@H](O)CN1CCNCC1. The fourth-order valence-corrected chi connectivity index (χ4v) is 1.69. The minimum Gasteiger partial charge on any atom is -0.495 e. The Bertz CT molecular complexity index is 235. The monoisotopic (exact) mass is 226 g/mol. The number of nitrogens with zero attached hydrogens (tertiary/aromatic N) is 1. The molecule has 0 aromatic rings. The van der Waals surface area contributed by atoms with Gasteiger partial charge in [0.1, 0.15) is 12.7 Å². The standard InChI is InChI=1S/C12H22N2O2/c1-3-4-11(2)16-10-12(15)9-14-7-5-13-6-8-14/h3-4,12-13,15H,1,5-10H2,2H3/b11-4+/t12-/m1/s1. The molecule has 0 amide bonds. The summed E-state index contributed by atoms with van der Waals surface area (Å²) in [6.07, 6.45) is 3.04. The van der Waals surface area contributed by atoms with E-state index in [1.807, 2.05) is 6.92 Å². The van der Waals surface area contributed by atoms with Crippen LogP contribution in [0.5, 0.6) is 0 Å². The second-order valence-electron chi connectivity index (χ2n) is 4.03. The first-order valence-corrected chi connectivity index (χ1v) is 5.75. The molecule has 4 nitrogen and oxygen atoms in total. The molecule has 1 fully saturated rings. The van der Waals surface area contributed by atoms with E-state index in [1.165, 1.54) is 0 Å². The maximum Gasteiger partial charge on any atom is 0.115 e. The maximum atomic E-state index is 9.78. The molecule has 0 bridgehead atoms. The summed E-state index contributed by atoms with van der Waals surface area (Å²) in [5, 5.41) is 13.1. The third-order valence-electron chi connectivity index (χ3n) is 2.53. The number of β-amino-alcohol motifs (C(OH)–C–C–N with tert-alkyl or cyclic N) is 1. The van der Waals surface area contributed by atoms with E-state index < -0.39 is 6.10 Å². The number of nitrogens with one attached hydrogen (secondary N) is 1. The largest absolute Gasteiger partial charge is 0.495 e. The summed E-state index contributed by atoms with van der Waals surface area (Å²) < 4.78 is 5.38. The Morgan fingerprint density at radius 3 is 2.88 bits per heavy atom. The molecule has 1 heterocycles. The van der Waals surface area contributed by atoms with Gasteiger partial charge in [-0.05, 0) is 13.0 Å².